The number of carbonyl (C=O) groups is 1. The lowest BCUT2D eigenvalue weighted by Crippen LogP contribution is -2.36. The highest BCUT2D eigenvalue weighted by Gasteiger charge is 2.33. The Morgan fingerprint density at radius 3 is 2.52 bits per heavy atom. The number of rotatable bonds is 4. The zero-order chi connectivity index (χ0) is 15.0. The van der Waals surface area contributed by atoms with Crippen molar-refractivity contribution in [3.63, 3.8) is 0 Å². The molecule has 1 saturated heterocycles. The number of nitrogens with two attached hydrogens (primary N) is 1. The number of hydrogen-bond donors (Lipinski definition) is 3. The largest absolute Gasteiger partial charge is 0.397 e. The SMILES string of the molecule is CNC(=O)c1sc(NC2CCN(C)CC2)c(C2CC2)c1N. The average molecular weight is 308 g/mol. The first-order valence-corrected chi connectivity index (χ1v) is 8.51. The molecule has 0 aromatic carbocycles. The summed E-state index contributed by atoms with van der Waals surface area (Å²) in [7, 11) is 3.82. The van der Waals surface area contributed by atoms with Gasteiger partial charge in [-0.1, -0.05) is 0 Å². The summed E-state index contributed by atoms with van der Waals surface area (Å²) >= 11 is 1.52. The van der Waals surface area contributed by atoms with Gasteiger partial charge in [0.1, 0.15) is 4.88 Å². The van der Waals surface area contributed by atoms with E-state index in [0.717, 1.165) is 30.9 Å². The second-order valence-corrected chi connectivity index (χ2v) is 7.18. The van der Waals surface area contributed by atoms with Gasteiger partial charge in [0.25, 0.3) is 5.91 Å². The first-order chi connectivity index (χ1) is 10.1. The van der Waals surface area contributed by atoms with E-state index in [4.69, 9.17) is 5.73 Å². The number of likely N-dealkylation sites (tertiary alicyclic amines) is 1. The second kappa shape index (κ2) is 5.85. The molecule has 4 N–H and O–H groups in total. The molecule has 2 heterocycles. The summed E-state index contributed by atoms with van der Waals surface area (Å²) in [5.74, 6) is 0.476. The normalized spacial score (nSPS) is 20.5. The van der Waals surface area contributed by atoms with Crippen LogP contribution in [0, 0.1) is 0 Å². The van der Waals surface area contributed by atoms with E-state index in [2.05, 4.69) is 22.6 Å². The van der Waals surface area contributed by atoms with Gasteiger partial charge in [0.15, 0.2) is 0 Å². The van der Waals surface area contributed by atoms with Crippen LogP contribution in [-0.4, -0.2) is 44.0 Å². The maximum absolute atomic E-state index is 12.0. The van der Waals surface area contributed by atoms with E-state index in [1.54, 1.807) is 7.05 Å². The van der Waals surface area contributed by atoms with Crippen LogP contribution >= 0.6 is 11.3 Å². The molecule has 0 radical (unpaired) electrons. The standard InChI is InChI=1S/C15H24N4OS/c1-17-14(20)13-12(16)11(9-3-4-9)15(21-13)18-10-5-7-19(2)8-6-10/h9-10,18H,3-8,16H2,1-2H3,(H,17,20). The highest BCUT2D eigenvalue weighted by molar-refractivity contribution is 7.18. The summed E-state index contributed by atoms with van der Waals surface area (Å²) in [5, 5.41) is 7.48. The molecular weight excluding hydrogens is 284 g/mol. The quantitative estimate of drug-likeness (QED) is 0.796. The van der Waals surface area contributed by atoms with Crippen LogP contribution < -0.4 is 16.4 Å². The first-order valence-electron chi connectivity index (χ1n) is 7.69. The van der Waals surface area contributed by atoms with Crippen molar-refractivity contribution in [2.75, 3.05) is 38.2 Å². The Morgan fingerprint density at radius 2 is 1.95 bits per heavy atom. The number of piperidine rings is 1. The van der Waals surface area contributed by atoms with E-state index in [9.17, 15) is 4.79 Å². The minimum absolute atomic E-state index is 0.0733. The summed E-state index contributed by atoms with van der Waals surface area (Å²) in [4.78, 5) is 15.0. The van der Waals surface area contributed by atoms with Gasteiger partial charge < -0.3 is 21.3 Å². The van der Waals surface area contributed by atoms with Crippen molar-refractivity contribution in [2.24, 2.45) is 0 Å². The van der Waals surface area contributed by atoms with Gasteiger partial charge in [0.2, 0.25) is 0 Å². The van der Waals surface area contributed by atoms with E-state index < -0.39 is 0 Å². The minimum atomic E-state index is -0.0733. The fourth-order valence-electron chi connectivity index (χ4n) is 2.96. The third-order valence-corrected chi connectivity index (χ3v) is 5.61. The predicted octanol–water partition coefficient (Wildman–Crippen LogP) is 2.07. The Balaban J connectivity index is 1.81. The van der Waals surface area contributed by atoms with E-state index in [-0.39, 0.29) is 5.91 Å². The van der Waals surface area contributed by atoms with Crippen LogP contribution in [0.5, 0.6) is 0 Å². The van der Waals surface area contributed by atoms with Gasteiger partial charge in [0.05, 0.1) is 10.7 Å². The molecule has 0 atom stereocenters. The molecule has 5 nitrogen and oxygen atoms in total. The lowest BCUT2D eigenvalue weighted by atomic mass is 10.0. The molecule has 1 aliphatic heterocycles. The van der Waals surface area contributed by atoms with Gasteiger partial charge in [-0.25, -0.2) is 0 Å². The van der Waals surface area contributed by atoms with Crippen molar-refractivity contribution in [3.05, 3.63) is 10.4 Å². The molecule has 116 valence electrons. The van der Waals surface area contributed by atoms with Crippen LogP contribution in [0.2, 0.25) is 0 Å². The number of anilines is 2. The van der Waals surface area contributed by atoms with Gasteiger partial charge in [0, 0.05) is 18.7 Å². The lowest BCUT2D eigenvalue weighted by Gasteiger charge is -2.30. The van der Waals surface area contributed by atoms with Gasteiger partial charge in [-0.15, -0.1) is 11.3 Å². The number of nitrogens with one attached hydrogen (secondary N) is 2. The third kappa shape index (κ3) is 3.01. The molecule has 1 aromatic heterocycles. The molecule has 2 fully saturated rings. The van der Waals surface area contributed by atoms with Crippen LogP contribution in [0.4, 0.5) is 10.7 Å². The summed E-state index contributed by atoms with van der Waals surface area (Å²) < 4.78 is 0. The number of carbonyl (C=O) groups excluding carboxylic acids is 1. The molecule has 0 bridgehead atoms. The molecule has 2 aliphatic rings. The Bertz CT molecular complexity index is 530. The predicted molar refractivity (Wildman–Crippen MR) is 88.2 cm³/mol. The first kappa shape index (κ1) is 14.7. The summed E-state index contributed by atoms with van der Waals surface area (Å²) in [6.07, 6.45) is 4.67. The zero-order valence-corrected chi connectivity index (χ0v) is 13.6. The monoisotopic (exact) mass is 308 g/mol. The Labute approximate surface area is 129 Å². The molecule has 3 rings (SSSR count). The molecule has 6 heteroatoms. The number of nitrogens with zero attached hydrogens (tertiary/aromatic N) is 1. The van der Waals surface area contributed by atoms with Crippen molar-refractivity contribution in [1.29, 1.82) is 0 Å². The van der Waals surface area contributed by atoms with Crippen LogP contribution in [0.15, 0.2) is 0 Å². The second-order valence-electron chi connectivity index (χ2n) is 6.16. The van der Waals surface area contributed by atoms with Crippen LogP contribution in [0.1, 0.15) is 46.8 Å². The molecule has 21 heavy (non-hydrogen) atoms. The number of amides is 1. The summed E-state index contributed by atoms with van der Waals surface area (Å²) in [6.45, 7) is 2.25. The lowest BCUT2D eigenvalue weighted by molar-refractivity contribution is 0.0968. The smallest absolute Gasteiger partial charge is 0.263 e. The van der Waals surface area contributed by atoms with Crippen molar-refractivity contribution in [1.82, 2.24) is 10.2 Å². The molecule has 1 aromatic rings. The van der Waals surface area contributed by atoms with Crippen LogP contribution in [-0.2, 0) is 0 Å². The third-order valence-electron chi connectivity index (χ3n) is 4.46. The summed E-state index contributed by atoms with van der Waals surface area (Å²) in [6, 6.07) is 0.495. The maximum Gasteiger partial charge on any atom is 0.263 e. The average Bonchev–Trinajstić information content (AvgIpc) is 3.26. The fraction of sp³-hybridized carbons (Fsp3) is 0.667. The minimum Gasteiger partial charge on any atom is -0.397 e. The van der Waals surface area contributed by atoms with Crippen molar-refractivity contribution >= 4 is 27.9 Å². The highest BCUT2D eigenvalue weighted by atomic mass is 32.1. The van der Waals surface area contributed by atoms with Gasteiger partial charge in [-0.05, 0) is 51.7 Å². The number of nitrogen functional groups attached to an aromatic ring is 1. The topological polar surface area (TPSA) is 70.4 Å². The zero-order valence-electron chi connectivity index (χ0n) is 12.7. The van der Waals surface area contributed by atoms with E-state index in [1.165, 1.54) is 29.7 Å². The molecule has 0 unspecified atom stereocenters. The van der Waals surface area contributed by atoms with E-state index in [0.29, 0.717) is 22.5 Å². The van der Waals surface area contributed by atoms with Crippen LogP contribution in [0.25, 0.3) is 0 Å². The molecule has 0 spiro atoms. The molecule has 1 amide bonds. The fourth-order valence-corrected chi connectivity index (χ4v) is 4.19. The Hall–Kier alpha value is -1.27. The van der Waals surface area contributed by atoms with E-state index >= 15 is 0 Å². The van der Waals surface area contributed by atoms with Gasteiger partial charge in [-0.3, -0.25) is 4.79 Å². The summed E-state index contributed by atoms with van der Waals surface area (Å²) in [5.41, 5.74) is 8.13. The van der Waals surface area contributed by atoms with Crippen molar-refractivity contribution in [3.8, 4) is 0 Å². The van der Waals surface area contributed by atoms with Crippen molar-refractivity contribution < 1.29 is 4.79 Å². The number of hydrogen-bond acceptors (Lipinski definition) is 5. The number of thiophene rings is 1. The Morgan fingerprint density at radius 1 is 1.29 bits per heavy atom. The van der Waals surface area contributed by atoms with Gasteiger partial charge >= 0.3 is 0 Å². The molecule has 1 saturated carbocycles. The van der Waals surface area contributed by atoms with E-state index in [1.807, 2.05) is 0 Å². The Kier molecular flexibility index (Phi) is 4.08. The van der Waals surface area contributed by atoms with Crippen LogP contribution in [0.3, 0.4) is 0 Å². The molecular formula is C15H24N4OS. The van der Waals surface area contributed by atoms with Gasteiger partial charge in [-0.2, -0.15) is 0 Å². The van der Waals surface area contributed by atoms with Crippen molar-refractivity contribution in [2.45, 2.75) is 37.6 Å². The highest BCUT2D eigenvalue weighted by Crippen LogP contribution is 2.51. The maximum atomic E-state index is 12.0. The molecule has 1 aliphatic carbocycles.